The fourth-order valence-electron chi connectivity index (χ4n) is 3.97. The van der Waals surface area contributed by atoms with E-state index < -0.39 is 0 Å². The number of nitrogens with two attached hydrogens (primary N) is 1. The zero-order valence-corrected chi connectivity index (χ0v) is 17.1. The predicted molar refractivity (Wildman–Crippen MR) is 118 cm³/mol. The van der Waals surface area contributed by atoms with Crippen molar-refractivity contribution in [2.75, 3.05) is 12.8 Å². The van der Waals surface area contributed by atoms with E-state index in [1.165, 1.54) is 6.07 Å². The Bertz CT molecular complexity index is 1160. The van der Waals surface area contributed by atoms with Crippen LogP contribution in [0.15, 0.2) is 35.6 Å². The topological polar surface area (TPSA) is 88.7 Å². The quantitative estimate of drug-likeness (QED) is 0.402. The van der Waals surface area contributed by atoms with E-state index >= 15 is 0 Å². The standard InChI is InChI=1S/C22H23BFN5O/c1-14-11-29-12-17(8-19(24)22(29)28-14)15-7-16(21(26)20(9-15)30-2)10-27-18-3-5-23(13-25)6-4-18/h7-12,18H,3-6,26H2,1-2H3. The number of rotatable bonds is 4. The Hall–Kier alpha value is -3.34. The number of hydrogen-bond acceptors (Lipinski definition) is 5. The molecule has 0 spiro atoms. The molecule has 8 heteroatoms. The summed E-state index contributed by atoms with van der Waals surface area (Å²) in [6.07, 6.45) is 8.95. The Labute approximate surface area is 175 Å². The molecule has 2 N–H and O–H groups in total. The van der Waals surface area contributed by atoms with E-state index in [4.69, 9.17) is 20.7 Å². The van der Waals surface area contributed by atoms with Crippen LogP contribution in [0.1, 0.15) is 24.1 Å². The molecule has 1 aromatic carbocycles. The molecule has 0 saturated carbocycles. The van der Waals surface area contributed by atoms with Gasteiger partial charge in [-0.05, 0) is 43.5 Å². The molecule has 1 aliphatic rings. The Kier molecular flexibility index (Phi) is 5.45. The summed E-state index contributed by atoms with van der Waals surface area (Å²) >= 11 is 0. The highest BCUT2D eigenvalue weighted by Gasteiger charge is 2.23. The fraction of sp³-hybridized carbons (Fsp3) is 0.318. The maximum absolute atomic E-state index is 14.6. The molecule has 0 aliphatic carbocycles. The number of fused-ring (bicyclic) bond motifs is 1. The van der Waals surface area contributed by atoms with E-state index in [0.717, 1.165) is 42.3 Å². The highest BCUT2D eigenvalue weighted by Crippen LogP contribution is 2.33. The third-order valence-electron chi connectivity index (χ3n) is 5.66. The van der Waals surface area contributed by atoms with Crippen LogP contribution in [-0.4, -0.2) is 35.5 Å². The van der Waals surface area contributed by atoms with Crippen LogP contribution in [0.2, 0.25) is 12.6 Å². The largest absolute Gasteiger partial charge is 0.495 e. The molecule has 3 heterocycles. The molecule has 3 aromatic rings. The summed E-state index contributed by atoms with van der Waals surface area (Å²) in [6, 6.07) is 5.35. The van der Waals surface area contributed by atoms with Crippen molar-refractivity contribution in [3.05, 3.63) is 47.7 Å². The lowest BCUT2D eigenvalue weighted by molar-refractivity contribution is 0.417. The number of ether oxygens (including phenoxy) is 1. The van der Waals surface area contributed by atoms with E-state index in [-0.39, 0.29) is 18.6 Å². The molecule has 0 bridgehead atoms. The molecular weight excluding hydrogens is 380 g/mol. The Balaban J connectivity index is 1.69. The van der Waals surface area contributed by atoms with Crippen molar-refractivity contribution in [2.45, 2.75) is 38.4 Å². The second kappa shape index (κ2) is 8.19. The Morgan fingerprint density at radius 1 is 1.30 bits per heavy atom. The monoisotopic (exact) mass is 403 g/mol. The number of aryl methyl sites for hydroxylation is 1. The molecule has 0 radical (unpaired) electrons. The number of halogens is 1. The molecule has 6 nitrogen and oxygen atoms in total. The number of aliphatic imine (C=N–C) groups is 1. The van der Waals surface area contributed by atoms with Gasteiger partial charge in [0.2, 0.25) is 0 Å². The van der Waals surface area contributed by atoms with Crippen LogP contribution < -0.4 is 10.5 Å². The number of benzene rings is 1. The van der Waals surface area contributed by atoms with Gasteiger partial charge in [0, 0.05) is 41.7 Å². The average Bonchev–Trinajstić information content (AvgIpc) is 3.14. The number of anilines is 1. The Morgan fingerprint density at radius 2 is 2.07 bits per heavy atom. The van der Waals surface area contributed by atoms with Gasteiger partial charge in [0.25, 0.3) is 6.71 Å². The molecule has 1 aliphatic heterocycles. The van der Waals surface area contributed by atoms with Crippen molar-refractivity contribution in [3.63, 3.8) is 0 Å². The summed E-state index contributed by atoms with van der Waals surface area (Å²) < 4.78 is 21.7. The van der Waals surface area contributed by atoms with Gasteiger partial charge in [-0.3, -0.25) is 4.99 Å². The van der Waals surface area contributed by atoms with Crippen molar-refractivity contribution in [2.24, 2.45) is 4.99 Å². The minimum atomic E-state index is -0.388. The van der Waals surface area contributed by atoms with Crippen molar-refractivity contribution < 1.29 is 9.13 Å². The molecule has 4 rings (SSSR count). The summed E-state index contributed by atoms with van der Waals surface area (Å²) in [4.78, 5) is 8.91. The van der Waals surface area contributed by atoms with Crippen molar-refractivity contribution in [3.8, 4) is 22.8 Å². The van der Waals surface area contributed by atoms with E-state index in [9.17, 15) is 4.39 Å². The maximum Gasteiger partial charge on any atom is 0.268 e. The van der Waals surface area contributed by atoms with Crippen molar-refractivity contribution in [1.82, 2.24) is 9.38 Å². The number of hydrogen-bond donors (Lipinski definition) is 1. The SMILES string of the molecule is COc1cc(-c2cc(F)c3nc(C)cn3c2)cc(C=NC2CCB(C#N)CC2)c1N. The highest BCUT2D eigenvalue weighted by atomic mass is 19.1. The second-order valence-electron chi connectivity index (χ2n) is 7.78. The molecule has 0 unspecified atom stereocenters. The molecule has 152 valence electrons. The summed E-state index contributed by atoms with van der Waals surface area (Å²) in [6.45, 7) is 1.97. The van der Waals surface area contributed by atoms with Gasteiger partial charge in [0.15, 0.2) is 11.5 Å². The third-order valence-corrected chi connectivity index (χ3v) is 5.66. The number of nitrogens with zero attached hydrogens (tertiary/aromatic N) is 4. The lowest BCUT2D eigenvalue weighted by Gasteiger charge is -2.19. The molecule has 2 aromatic heterocycles. The van der Waals surface area contributed by atoms with Crippen LogP contribution >= 0.6 is 0 Å². The zero-order chi connectivity index (χ0) is 21.3. The summed E-state index contributed by atoms with van der Waals surface area (Å²) in [5.41, 5.74) is 10.0. The third kappa shape index (κ3) is 3.88. The summed E-state index contributed by atoms with van der Waals surface area (Å²) in [5, 5.41) is 9.05. The lowest BCUT2D eigenvalue weighted by atomic mass is 9.42. The molecule has 1 fully saturated rings. The van der Waals surface area contributed by atoms with Crippen LogP contribution in [-0.2, 0) is 0 Å². The first-order chi connectivity index (χ1) is 14.5. The van der Waals surface area contributed by atoms with Gasteiger partial charge < -0.3 is 14.9 Å². The van der Waals surface area contributed by atoms with Gasteiger partial charge in [-0.2, -0.15) is 0 Å². The maximum atomic E-state index is 14.6. The zero-order valence-electron chi connectivity index (χ0n) is 17.1. The van der Waals surface area contributed by atoms with Gasteiger partial charge >= 0.3 is 0 Å². The number of imidazole rings is 1. The van der Waals surface area contributed by atoms with Crippen LogP contribution in [0.3, 0.4) is 0 Å². The van der Waals surface area contributed by atoms with Crippen LogP contribution in [0.4, 0.5) is 10.1 Å². The van der Waals surface area contributed by atoms with Crippen LogP contribution in [0, 0.1) is 24.0 Å². The summed E-state index contributed by atoms with van der Waals surface area (Å²) in [7, 11) is 1.56. The molecule has 1 saturated heterocycles. The number of aromatic nitrogens is 2. The highest BCUT2D eigenvalue weighted by molar-refractivity contribution is 6.67. The molecule has 0 amide bonds. The fourth-order valence-corrected chi connectivity index (χ4v) is 3.97. The van der Waals surface area contributed by atoms with Gasteiger partial charge in [-0.1, -0.05) is 12.6 Å². The van der Waals surface area contributed by atoms with E-state index in [1.807, 2.05) is 19.2 Å². The van der Waals surface area contributed by atoms with Crippen molar-refractivity contribution in [1.29, 1.82) is 5.26 Å². The van der Waals surface area contributed by atoms with Crippen LogP contribution in [0.5, 0.6) is 5.75 Å². The Morgan fingerprint density at radius 3 is 2.77 bits per heavy atom. The van der Waals surface area contributed by atoms with Gasteiger partial charge in [0.1, 0.15) is 5.75 Å². The first kappa shape index (κ1) is 20.0. The first-order valence-electron chi connectivity index (χ1n) is 10.0. The normalized spacial score (nSPS) is 15.1. The predicted octanol–water partition coefficient (Wildman–Crippen LogP) is 4.18. The van der Waals surface area contributed by atoms with Crippen LogP contribution in [0.25, 0.3) is 16.8 Å². The molecule has 0 atom stereocenters. The molecule has 30 heavy (non-hydrogen) atoms. The van der Waals surface area contributed by atoms with Gasteiger partial charge in [0.05, 0.1) is 18.5 Å². The lowest BCUT2D eigenvalue weighted by Crippen LogP contribution is -2.22. The minimum absolute atomic E-state index is 0.140. The van der Waals surface area contributed by atoms with Gasteiger partial charge in [-0.25, -0.2) is 14.6 Å². The second-order valence-corrected chi connectivity index (χ2v) is 7.78. The van der Waals surface area contributed by atoms with Gasteiger partial charge in [-0.15, -0.1) is 0 Å². The number of methoxy groups -OCH3 is 1. The minimum Gasteiger partial charge on any atom is -0.495 e. The van der Waals surface area contributed by atoms with E-state index in [0.29, 0.717) is 22.6 Å². The van der Waals surface area contributed by atoms with Crippen molar-refractivity contribution >= 4 is 24.3 Å². The number of nitriles is 1. The molecular formula is C22H23BFN5O. The smallest absolute Gasteiger partial charge is 0.268 e. The van der Waals surface area contributed by atoms with E-state index in [2.05, 4.69) is 11.0 Å². The average molecular weight is 403 g/mol. The van der Waals surface area contributed by atoms with E-state index in [1.54, 1.807) is 30.0 Å². The number of nitrogen functional groups attached to an aromatic ring is 1. The number of pyridine rings is 1. The first-order valence-corrected chi connectivity index (χ1v) is 10.0. The summed E-state index contributed by atoms with van der Waals surface area (Å²) in [5.74, 6) is 2.47.